The van der Waals surface area contributed by atoms with Crippen LogP contribution in [0.15, 0.2) is 42.6 Å². The summed E-state index contributed by atoms with van der Waals surface area (Å²) in [5.74, 6) is -0.852. The standard InChI is InChI=1S/C13H14N2O2/c1-2-12(13(16)17)15-9-8-11(14-15)10-6-4-3-5-7-10/h3-9,12H,2H2,1H3,(H,16,17). The van der Waals surface area contributed by atoms with Crippen molar-refractivity contribution in [3.63, 3.8) is 0 Å². The Bertz CT molecular complexity index is 505. The van der Waals surface area contributed by atoms with E-state index in [1.165, 1.54) is 4.68 Å². The van der Waals surface area contributed by atoms with Crippen LogP contribution in [0.4, 0.5) is 0 Å². The number of benzene rings is 1. The quantitative estimate of drug-likeness (QED) is 0.878. The van der Waals surface area contributed by atoms with Crippen LogP contribution in [0.5, 0.6) is 0 Å². The fourth-order valence-electron chi connectivity index (χ4n) is 1.75. The minimum Gasteiger partial charge on any atom is -0.480 e. The van der Waals surface area contributed by atoms with Crippen LogP contribution in [0.3, 0.4) is 0 Å². The van der Waals surface area contributed by atoms with Gasteiger partial charge in [0.2, 0.25) is 0 Å². The van der Waals surface area contributed by atoms with Crippen molar-refractivity contribution in [2.75, 3.05) is 0 Å². The van der Waals surface area contributed by atoms with E-state index < -0.39 is 12.0 Å². The molecule has 1 heterocycles. The number of carbonyl (C=O) groups is 1. The largest absolute Gasteiger partial charge is 0.480 e. The molecule has 0 saturated heterocycles. The van der Waals surface area contributed by atoms with Gasteiger partial charge in [-0.1, -0.05) is 37.3 Å². The highest BCUT2D eigenvalue weighted by Gasteiger charge is 2.18. The van der Waals surface area contributed by atoms with Crippen molar-refractivity contribution in [2.24, 2.45) is 0 Å². The number of aliphatic carboxylic acids is 1. The number of carboxylic acid groups (broad SMARTS) is 1. The van der Waals surface area contributed by atoms with Crippen LogP contribution in [0.2, 0.25) is 0 Å². The monoisotopic (exact) mass is 230 g/mol. The third-order valence-electron chi connectivity index (χ3n) is 2.67. The zero-order valence-corrected chi connectivity index (χ0v) is 9.58. The zero-order chi connectivity index (χ0) is 12.3. The minimum atomic E-state index is -0.852. The third-order valence-corrected chi connectivity index (χ3v) is 2.67. The van der Waals surface area contributed by atoms with Gasteiger partial charge in [-0.05, 0) is 12.5 Å². The van der Waals surface area contributed by atoms with Gasteiger partial charge in [-0.15, -0.1) is 0 Å². The van der Waals surface area contributed by atoms with E-state index in [-0.39, 0.29) is 0 Å². The van der Waals surface area contributed by atoms with Gasteiger partial charge in [-0.3, -0.25) is 4.68 Å². The summed E-state index contributed by atoms with van der Waals surface area (Å²) in [7, 11) is 0. The first-order valence-electron chi connectivity index (χ1n) is 5.55. The average molecular weight is 230 g/mol. The van der Waals surface area contributed by atoms with Gasteiger partial charge in [0.1, 0.15) is 6.04 Å². The van der Waals surface area contributed by atoms with Gasteiger partial charge >= 0.3 is 5.97 Å². The van der Waals surface area contributed by atoms with Crippen LogP contribution in [0, 0.1) is 0 Å². The Balaban J connectivity index is 2.30. The lowest BCUT2D eigenvalue weighted by molar-refractivity contribution is -0.141. The van der Waals surface area contributed by atoms with Crippen LogP contribution in [0.1, 0.15) is 19.4 Å². The molecule has 0 aliphatic rings. The second-order valence-electron chi connectivity index (χ2n) is 3.81. The summed E-state index contributed by atoms with van der Waals surface area (Å²) in [5, 5.41) is 13.4. The fourth-order valence-corrected chi connectivity index (χ4v) is 1.75. The molecule has 2 rings (SSSR count). The SMILES string of the molecule is CCC(C(=O)O)n1ccc(-c2ccccc2)n1. The van der Waals surface area contributed by atoms with E-state index in [0.29, 0.717) is 6.42 Å². The topological polar surface area (TPSA) is 55.1 Å². The van der Waals surface area contributed by atoms with Crippen molar-refractivity contribution in [2.45, 2.75) is 19.4 Å². The molecule has 0 saturated carbocycles. The molecule has 1 unspecified atom stereocenters. The molecule has 0 aliphatic carbocycles. The molecule has 0 bridgehead atoms. The van der Waals surface area contributed by atoms with Gasteiger partial charge in [-0.25, -0.2) is 4.79 Å². The van der Waals surface area contributed by atoms with Gasteiger partial charge in [0.25, 0.3) is 0 Å². The lowest BCUT2D eigenvalue weighted by atomic mass is 10.2. The second kappa shape index (κ2) is 4.82. The molecular weight excluding hydrogens is 216 g/mol. The van der Waals surface area contributed by atoms with Crippen molar-refractivity contribution in [1.82, 2.24) is 9.78 Å². The Morgan fingerprint density at radius 2 is 2.06 bits per heavy atom. The fraction of sp³-hybridized carbons (Fsp3) is 0.231. The van der Waals surface area contributed by atoms with Crippen molar-refractivity contribution in [1.29, 1.82) is 0 Å². The highest BCUT2D eigenvalue weighted by atomic mass is 16.4. The summed E-state index contributed by atoms with van der Waals surface area (Å²) >= 11 is 0. The highest BCUT2D eigenvalue weighted by Crippen LogP contribution is 2.19. The molecule has 2 aromatic rings. The number of hydrogen-bond acceptors (Lipinski definition) is 2. The average Bonchev–Trinajstić information content (AvgIpc) is 2.80. The highest BCUT2D eigenvalue weighted by molar-refractivity contribution is 5.71. The van der Waals surface area contributed by atoms with Gasteiger partial charge in [-0.2, -0.15) is 5.10 Å². The Kier molecular flexibility index (Phi) is 3.23. The molecule has 17 heavy (non-hydrogen) atoms. The lowest BCUT2D eigenvalue weighted by Gasteiger charge is -2.09. The second-order valence-corrected chi connectivity index (χ2v) is 3.81. The summed E-state index contributed by atoms with van der Waals surface area (Å²) in [4.78, 5) is 11.0. The van der Waals surface area contributed by atoms with E-state index in [1.54, 1.807) is 6.20 Å². The van der Waals surface area contributed by atoms with Crippen molar-refractivity contribution in [3.8, 4) is 11.3 Å². The predicted molar refractivity (Wildman–Crippen MR) is 64.6 cm³/mol. The molecular formula is C13H14N2O2. The van der Waals surface area contributed by atoms with Crippen molar-refractivity contribution in [3.05, 3.63) is 42.6 Å². The molecule has 1 aromatic carbocycles. The molecule has 0 radical (unpaired) electrons. The van der Waals surface area contributed by atoms with E-state index in [4.69, 9.17) is 5.11 Å². The lowest BCUT2D eigenvalue weighted by Crippen LogP contribution is -2.18. The summed E-state index contributed by atoms with van der Waals surface area (Å²) in [6.45, 7) is 1.84. The van der Waals surface area contributed by atoms with E-state index in [2.05, 4.69) is 5.10 Å². The smallest absolute Gasteiger partial charge is 0.328 e. The number of carboxylic acids is 1. The third kappa shape index (κ3) is 2.36. The molecule has 0 amide bonds. The van der Waals surface area contributed by atoms with Gasteiger partial charge in [0, 0.05) is 11.8 Å². The maximum Gasteiger partial charge on any atom is 0.328 e. The van der Waals surface area contributed by atoms with E-state index >= 15 is 0 Å². The molecule has 1 N–H and O–H groups in total. The zero-order valence-electron chi connectivity index (χ0n) is 9.58. The first-order valence-corrected chi connectivity index (χ1v) is 5.55. The molecule has 4 nitrogen and oxygen atoms in total. The van der Waals surface area contributed by atoms with Crippen molar-refractivity contribution >= 4 is 5.97 Å². The predicted octanol–water partition coefficient (Wildman–Crippen LogP) is 2.59. The Morgan fingerprint density at radius 1 is 1.35 bits per heavy atom. The molecule has 1 aromatic heterocycles. The number of nitrogens with zero attached hydrogens (tertiary/aromatic N) is 2. The van der Waals surface area contributed by atoms with Gasteiger partial charge < -0.3 is 5.11 Å². The molecule has 1 atom stereocenters. The first-order chi connectivity index (χ1) is 8.22. The normalized spacial score (nSPS) is 12.3. The van der Waals surface area contributed by atoms with E-state index in [9.17, 15) is 4.79 Å². The van der Waals surface area contributed by atoms with Crippen LogP contribution in [0.25, 0.3) is 11.3 Å². The maximum absolute atomic E-state index is 11.0. The number of aromatic nitrogens is 2. The Morgan fingerprint density at radius 3 is 2.65 bits per heavy atom. The number of rotatable bonds is 4. The minimum absolute atomic E-state index is 0.519. The van der Waals surface area contributed by atoms with Gasteiger partial charge in [0.15, 0.2) is 0 Å². The summed E-state index contributed by atoms with van der Waals surface area (Å²) in [6.07, 6.45) is 2.23. The van der Waals surface area contributed by atoms with Crippen molar-refractivity contribution < 1.29 is 9.90 Å². The van der Waals surface area contributed by atoms with Crippen LogP contribution in [-0.4, -0.2) is 20.9 Å². The first kappa shape index (κ1) is 11.4. The molecule has 0 spiro atoms. The summed E-state index contributed by atoms with van der Waals surface area (Å²) < 4.78 is 1.50. The van der Waals surface area contributed by atoms with E-state index in [0.717, 1.165) is 11.3 Å². The number of hydrogen-bond donors (Lipinski definition) is 1. The van der Waals surface area contributed by atoms with Crippen LogP contribution < -0.4 is 0 Å². The molecule has 0 aliphatic heterocycles. The molecule has 88 valence electrons. The Labute approximate surface area is 99.5 Å². The Hall–Kier alpha value is -2.10. The maximum atomic E-state index is 11.0. The van der Waals surface area contributed by atoms with E-state index in [1.807, 2.05) is 43.3 Å². The van der Waals surface area contributed by atoms with Gasteiger partial charge in [0.05, 0.1) is 5.69 Å². The summed E-state index contributed by atoms with van der Waals surface area (Å²) in [5.41, 5.74) is 1.79. The molecule has 0 fully saturated rings. The summed E-state index contributed by atoms with van der Waals surface area (Å²) in [6, 6.07) is 11.0. The molecule has 4 heteroatoms. The van der Waals surface area contributed by atoms with Crippen LogP contribution >= 0.6 is 0 Å². The van der Waals surface area contributed by atoms with Crippen LogP contribution in [-0.2, 0) is 4.79 Å².